The molecule has 3 aromatic rings. The van der Waals surface area contributed by atoms with Crippen molar-refractivity contribution in [2.24, 2.45) is 0 Å². The number of hydrogen-bond donors (Lipinski definition) is 2. The second-order valence-electron chi connectivity index (χ2n) is 3.27. The van der Waals surface area contributed by atoms with Gasteiger partial charge >= 0.3 is 0 Å². The van der Waals surface area contributed by atoms with Gasteiger partial charge < -0.3 is 4.98 Å². The van der Waals surface area contributed by atoms with Crippen LogP contribution >= 0.6 is 22.9 Å². The van der Waals surface area contributed by atoms with Gasteiger partial charge in [0.1, 0.15) is 4.83 Å². The highest BCUT2D eigenvalue weighted by Crippen LogP contribution is 2.29. The molecule has 0 spiro atoms. The third kappa shape index (κ3) is 1.36. The molecule has 0 saturated carbocycles. The van der Waals surface area contributed by atoms with Gasteiger partial charge in [-0.25, -0.2) is 4.98 Å². The van der Waals surface area contributed by atoms with E-state index < -0.39 is 0 Å². The molecule has 0 saturated heterocycles. The Morgan fingerprint density at radius 1 is 1.44 bits per heavy atom. The Morgan fingerprint density at radius 3 is 3.06 bits per heavy atom. The zero-order chi connectivity index (χ0) is 11.1. The summed E-state index contributed by atoms with van der Waals surface area (Å²) >= 11 is 7.10. The number of H-pyrrole nitrogens is 2. The maximum absolute atomic E-state index is 11.8. The molecule has 4 nitrogen and oxygen atoms in total. The molecular formula is C10H6ClN3OS. The molecule has 0 unspecified atom stereocenters. The Hall–Kier alpha value is -1.59. The fourth-order valence-electron chi connectivity index (χ4n) is 1.62. The summed E-state index contributed by atoms with van der Waals surface area (Å²) in [5, 5.41) is 2.60. The highest BCUT2D eigenvalue weighted by molar-refractivity contribution is 7.17. The second-order valence-corrected chi connectivity index (χ2v) is 4.49. The van der Waals surface area contributed by atoms with Crippen LogP contribution in [-0.4, -0.2) is 15.0 Å². The Balaban J connectivity index is 2.41. The molecule has 80 valence electrons. The normalized spacial score (nSPS) is 11.1. The third-order valence-corrected chi connectivity index (χ3v) is 3.35. The molecule has 0 bridgehead atoms. The van der Waals surface area contributed by atoms with E-state index in [1.807, 2.05) is 23.7 Å². The van der Waals surface area contributed by atoms with Crippen molar-refractivity contribution in [3.05, 3.63) is 39.3 Å². The molecule has 2 N–H and O–H groups in total. The van der Waals surface area contributed by atoms with Gasteiger partial charge in [0.15, 0.2) is 0 Å². The zero-order valence-corrected chi connectivity index (χ0v) is 9.52. The Morgan fingerprint density at radius 2 is 2.31 bits per heavy atom. The van der Waals surface area contributed by atoms with Crippen LogP contribution in [0.15, 0.2) is 28.5 Å². The minimum absolute atomic E-state index is 0.123. The Bertz CT molecular complexity index is 698. The largest absolute Gasteiger partial charge is 0.361 e. The van der Waals surface area contributed by atoms with E-state index in [9.17, 15) is 4.79 Å². The van der Waals surface area contributed by atoms with Crippen LogP contribution in [0.2, 0.25) is 5.28 Å². The molecule has 0 fully saturated rings. The van der Waals surface area contributed by atoms with Gasteiger partial charge in [-0.15, -0.1) is 11.3 Å². The molecule has 16 heavy (non-hydrogen) atoms. The number of halogens is 1. The van der Waals surface area contributed by atoms with Gasteiger partial charge in [0.25, 0.3) is 5.56 Å². The monoisotopic (exact) mass is 251 g/mol. The first-order chi connectivity index (χ1) is 7.75. The first-order valence-corrected chi connectivity index (χ1v) is 5.82. The van der Waals surface area contributed by atoms with Crippen LogP contribution in [0.4, 0.5) is 0 Å². The van der Waals surface area contributed by atoms with E-state index in [1.165, 1.54) is 11.3 Å². The summed E-state index contributed by atoms with van der Waals surface area (Å²) in [6, 6.07) is 3.80. The van der Waals surface area contributed by atoms with Gasteiger partial charge in [-0.05, 0) is 23.7 Å². The molecule has 0 aromatic carbocycles. The molecule has 0 aliphatic carbocycles. The van der Waals surface area contributed by atoms with E-state index in [4.69, 9.17) is 11.6 Å². The fourth-order valence-corrected chi connectivity index (χ4v) is 2.78. The molecule has 0 aliphatic heterocycles. The Labute approximate surface area is 98.9 Å². The molecule has 0 amide bonds. The summed E-state index contributed by atoms with van der Waals surface area (Å²) in [5.41, 5.74) is 1.55. The van der Waals surface area contributed by atoms with Crippen molar-refractivity contribution in [1.29, 1.82) is 0 Å². The summed E-state index contributed by atoms with van der Waals surface area (Å²) in [5.74, 6) is 0. The number of aromatic amines is 2. The van der Waals surface area contributed by atoms with Crippen LogP contribution < -0.4 is 5.56 Å². The summed E-state index contributed by atoms with van der Waals surface area (Å²) in [6.07, 6.45) is 1.82. The van der Waals surface area contributed by atoms with Gasteiger partial charge in [0.2, 0.25) is 5.28 Å². The summed E-state index contributed by atoms with van der Waals surface area (Å²) < 4.78 is 0. The minimum atomic E-state index is -0.208. The summed E-state index contributed by atoms with van der Waals surface area (Å²) in [6.45, 7) is 0. The van der Waals surface area contributed by atoms with Crippen molar-refractivity contribution in [2.45, 2.75) is 0 Å². The maximum Gasteiger partial charge on any atom is 0.261 e. The van der Waals surface area contributed by atoms with E-state index in [-0.39, 0.29) is 10.8 Å². The molecule has 0 atom stereocenters. The van der Waals surface area contributed by atoms with Gasteiger partial charge in [0, 0.05) is 22.8 Å². The van der Waals surface area contributed by atoms with E-state index in [2.05, 4.69) is 15.0 Å². The van der Waals surface area contributed by atoms with Crippen molar-refractivity contribution in [3.63, 3.8) is 0 Å². The lowest BCUT2D eigenvalue weighted by Crippen LogP contribution is -2.07. The number of nitrogens with one attached hydrogen (secondary N) is 2. The number of rotatable bonds is 1. The molecule has 0 aliphatic rings. The van der Waals surface area contributed by atoms with Crippen molar-refractivity contribution >= 4 is 33.2 Å². The Kier molecular flexibility index (Phi) is 2.08. The van der Waals surface area contributed by atoms with Gasteiger partial charge in [-0.2, -0.15) is 0 Å². The average molecular weight is 252 g/mol. The maximum atomic E-state index is 11.8. The van der Waals surface area contributed by atoms with Crippen molar-refractivity contribution in [3.8, 4) is 11.3 Å². The van der Waals surface area contributed by atoms with Crippen molar-refractivity contribution in [2.75, 3.05) is 0 Å². The molecular weight excluding hydrogens is 246 g/mol. The predicted octanol–water partition coefficient (Wildman–Crippen LogP) is 2.63. The minimum Gasteiger partial charge on any atom is -0.361 e. The molecule has 3 aromatic heterocycles. The summed E-state index contributed by atoms with van der Waals surface area (Å²) in [4.78, 5) is 22.1. The lowest BCUT2D eigenvalue weighted by Gasteiger charge is -1.95. The lowest BCUT2D eigenvalue weighted by molar-refractivity contribution is 1.18. The lowest BCUT2D eigenvalue weighted by atomic mass is 10.2. The van der Waals surface area contributed by atoms with E-state index in [1.54, 1.807) is 0 Å². The number of fused-ring (bicyclic) bond motifs is 1. The first kappa shape index (κ1) is 9.62. The van der Waals surface area contributed by atoms with Crippen LogP contribution in [0.25, 0.3) is 21.5 Å². The second kappa shape index (κ2) is 3.47. The molecule has 3 rings (SSSR count). The average Bonchev–Trinajstić information content (AvgIpc) is 2.82. The highest BCUT2D eigenvalue weighted by atomic mass is 35.5. The first-order valence-electron chi connectivity index (χ1n) is 4.56. The number of hydrogen-bond acceptors (Lipinski definition) is 3. The standard InChI is InChI=1S/C10H6ClN3OS/c11-10-13-8(15)7-5(4-16-9(7)14-10)6-2-1-3-12-6/h1-4,12H,(H,13,14,15). The molecule has 6 heteroatoms. The van der Waals surface area contributed by atoms with Crippen molar-refractivity contribution in [1.82, 2.24) is 15.0 Å². The van der Waals surface area contributed by atoms with Gasteiger partial charge in [-0.1, -0.05) is 0 Å². The quantitative estimate of drug-likeness (QED) is 0.653. The van der Waals surface area contributed by atoms with Crippen molar-refractivity contribution < 1.29 is 0 Å². The number of thiophene rings is 1. The molecule has 0 radical (unpaired) electrons. The van der Waals surface area contributed by atoms with Crippen LogP contribution in [0.1, 0.15) is 0 Å². The third-order valence-electron chi connectivity index (χ3n) is 2.30. The highest BCUT2D eigenvalue weighted by Gasteiger charge is 2.12. The van der Waals surface area contributed by atoms with Crippen LogP contribution in [0, 0.1) is 0 Å². The van der Waals surface area contributed by atoms with Crippen LogP contribution in [0.5, 0.6) is 0 Å². The van der Waals surface area contributed by atoms with Crippen LogP contribution in [-0.2, 0) is 0 Å². The molecule has 3 heterocycles. The topological polar surface area (TPSA) is 61.5 Å². The van der Waals surface area contributed by atoms with Gasteiger partial charge in [-0.3, -0.25) is 9.78 Å². The fraction of sp³-hybridized carbons (Fsp3) is 0. The zero-order valence-electron chi connectivity index (χ0n) is 7.95. The van der Waals surface area contributed by atoms with E-state index in [0.717, 1.165) is 11.3 Å². The van der Waals surface area contributed by atoms with Crippen LogP contribution in [0.3, 0.4) is 0 Å². The SMILES string of the molecule is O=c1[nH]c(Cl)nc2scc(-c3ccc[nH]3)c12. The van der Waals surface area contributed by atoms with Gasteiger partial charge in [0.05, 0.1) is 5.39 Å². The van der Waals surface area contributed by atoms with E-state index in [0.29, 0.717) is 10.2 Å². The number of aromatic nitrogens is 3. The predicted molar refractivity (Wildman–Crippen MR) is 65.0 cm³/mol. The number of nitrogens with zero attached hydrogens (tertiary/aromatic N) is 1. The smallest absolute Gasteiger partial charge is 0.261 e. The van der Waals surface area contributed by atoms with E-state index >= 15 is 0 Å². The summed E-state index contributed by atoms with van der Waals surface area (Å²) in [7, 11) is 0.